The Kier molecular flexibility index (Phi) is 3.94. The molecule has 1 aromatic rings. The van der Waals surface area contributed by atoms with Gasteiger partial charge in [-0.15, -0.1) is 0 Å². The molecule has 21 heavy (non-hydrogen) atoms. The minimum atomic E-state index is 0.206. The van der Waals surface area contributed by atoms with Crippen molar-refractivity contribution in [2.24, 2.45) is 5.92 Å². The SMILES string of the molecule is CCNc1ncnc(N2CCC3NC(=O)CCC3C2)c1C. The molecule has 2 aliphatic heterocycles. The van der Waals surface area contributed by atoms with Crippen LogP contribution >= 0.6 is 0 Å². The number of fused-ring (bicyclic) bond motifs is 1. The normalized spacial score (nSPS) is 25.2. The quantitative estimate of drug-likeness (QED) is 0.878. The molecule has 0 aromatic carbocycles. The summed E-state index contributed by atoms with van der Waals surface area (Å²) in [5.74, 6) is 2.68. The third kappa shape index (κ3) is 2.80. The van der Waals surface area contributed by atoms with Crippen molar-refractivity contribution in [3.05, 3.63) is 11.9 Å². The summed E-state index contributed by atoms with van der Waals surface area (Å²) in [6, 6.07) is 0.345. The maximum atomic E-state index is 11.5. The number of hydrogen-bond donors (Lipinski definition) is 2. The molecule has 3 rings (SSSR count). The summed E-state index contributed by atoms with van der Waals surface area (Å²) in [6.07, 6.45) is 4.27. The Balaban J connectivity index is 1.76. The highest BCUT2D eigenvalue weighted by atomic mass is 16.1. The summed E-state index contributed by atoms with van der Waals surface area (Å²) in [7, 11) is 0. The van der Waals surface area contributed by atoms with Crippen LogP contribution in [-0.4, -0.2) is 41.6 Å². The van der Waals surface area contributed by atoms with E-state index in [0.717, 1.165) is 49.7 Å². The molecule has 1 aromatic heterocycles. The molecule has 6 heteroatoms. The van der Waals surface area contributed by atoms with Gasteiger partial charge in [-0.25, -0.2) is 9.97 Å². The van der Waals surface area contributed by atoms with E-state index in [1.165, 1.54) is 0 Å². The number of anilines is 2. The lowest BCUT2D eigenvalue weighted by Crippen LogP contribution is -2.54. The molecule has 2 aliphatic rings. The maximum absolute atomic E-state index is 11.5. The highest BCUT2D eigenvalue weighted by Gasteiger charge is 2.34. The van der Waals surface area contributed by atoms with Gasteiger partial charge in [0.15, 0.2) is 0 Å². The first-order chi connectivity index (χ1) is 10.2. The van der Waals surface area contributed by atoms with Gasteiger partial charge in [-0.3, -0.25) is 4.79 Å². The Morgan fingerprint density at radius 3 is 3.10 bits per heavy atom. The molecule has 0 aliphatic carbocycles. The Bertz CT molecular complexity index is 533. The number of aromatic nitrogens is 2. The fourth-order valence-electron chi connectivity index (χ4n) is 3.41. The molecule has 2 atom stereocenters. The molecule has 2 fully saturated rings. The fraction of sp³-hybridized carbons (Fsp3) is 0.667. The van der Waals surface area contributed by atoms with Crippen LogP contribution in [0.15, 0.2) is 6.33 Å². The summed E-state index contributed by atoms with van der Waals surface area (Å²) in [4.78, 5) is 22.6. The van der Waals surface area contributed by atoms with Crippen LogP contribution < -0.4 is 15.5 Å². The van der Waals surface area contributed by atoms with Gasteiger partial charge in [0.25, 0.3) is 0 Å². The molecule has 0 saturated carbocycles. The number of nitrogens with zero attached hydrogens (tertiary/aromatic N) is 3. The van der Waals surface area contributed by atoms with E-state index in [9.17, 15) is 4.79 Å². The molecule has 0 radical (unpaired) electrons. The van der Waals surface area contributed by atoms with Crippen LogP contribution in [0, 0.1) is 12.8 Å². The Hall–Kier alpha value is -1.85. The number of piperidine rings is 2. The lowest BCUT2D eigenvalue weighted by Gasteiger charge is -2.42. The molecule has 6 nitrogen and oxygen atoms in total. The maximum Gasteiger partial charge on any atom is 0.220 e. The van der Waals surface area contributed by atoms with Crippen LogP contribution in [0.5, 0.6) is 0 Å². The first kappa shape index (κ1) is 14.1. The molecule has 2 unspecified atom stereocenters. The van der Waals surface area contributed by atoms with E-state index < -0.39 is 0 Å². The number of hydrogen-bond acceptors (Lipinski definition) is 5. The van der Waals surface area contributed by atoms with Crippen molar-refractivity contribution in [2.45, 2.75) is 39.2 Å². The van der Waals surface area contributed by atoms with E-state index in [0.29, 0.717) is 18.4 Å². The standard InChI is InChI=1S/C15H23N5O/c1-3-16-14-10(2)15(18-9-17-14)20-7-6-12-11(8-20)4-5-13(21)19-12/h9,11-12H,3-8H2,1-2H3,(H,19,21)(H,16,17,18). The van der Waals surface area contributed by atoms with Gasteiger partial charge in [0.2, 0.25) is 5.91 Å². The van der Waals surface area contributed by atoms with Crippen molar-refractivity contribution < 1.29 is 4.79 Å². The topological polar surface area (TPSA) is 70.2 Å². The first-order valence-electron chi connectivity index (χ1n) is 7.78. The fourth-order valence-corrected chi connectivity index (χ4v) is 3.41. The molecule has 1 amide bonds. The second-order valence-corrected chi connectivity index (χ2v) is 5.91. The molecule has 0 bridgehead atoms. The second kappa shape index (κ2) is 5.87. The average Bonchev–Trinajstić information content (AvgIpc) is 2.49. The minimum absolute atomic E-state index is 0.206. The monoisotopic (exact) mass is 289 g/mol. The van der Waals surface area contributed by atoms with E-state index >= 15 is 0 Å². The van der Waals surface area contributed by atoms with Gasteiger partial charge in [0, 0.05) is 37.7 Å². The van der Waals surface area contributed by atoms with E-state index in [4.69, 9.17) is 0 Å². The van der Waals surface area contributed by atoms with Crippen molar-refractivity contribution in [1.82, 2.24) is 15.3 Å². The summed E-state index contributed by atoms with van der Waals surface area (Å²) in [6.45, 7) is 6.90. The van der Waals surface area contributed by atoms with E-state index in [2.05, 4.69) is 39.3 Å². The Morgan fingerprint density at radius 2 is 2.29 bits per heavy atom. The molecule has 2 saturated heterocycles. The molecule has 114 valence electrons. The summed E-state index contributed by atoms with van der Waals surface area (Å²) in [5.41, 5.74) is 1.11. The lowest BCUT2D eigenvalue weighted by molar-refractivity contribution is -0.124. The van der Waals surface area contributed by atoms with Crippen LogP contribution in [-0.2, 0) is 4.79 Å². The predicted molar refractivity (Wildman–Crippen MR) is 82.4 cm³/mol. The zero-order chi connectivity index (χ0) is 14.8. The van der Waals surface area contributed by atoms with E-state index in [1.54, 1.807) is 6.33 Å². The summed E-state index contributed by atoms with van der Waals surface area (Å²) in [5, 5.41) is 6.41. The largest absolute Gasteiger partial charge is 0.370 e. The van der Waals surface area contributed by atoms with Gasteiger partial charge in [-0.2, -0.15) is 0 Å². The molecular weight excluding hydrogens is 266 g/mol. The zero-order valence-corrected chi connectivity index (χ0v) is 12.7. The van der Waals surface area contributed by atoms with Crippen LogP contribution in [0.4, 0.5) is 11.6 Å². The van der Waals surface area contributed by atoms with Gasteiger partial charge < -0.3 is 15.5 Å². The molecular formula is C15H23N5O. The van der Waals surface area contributed by atoms with Crippen molar-refractivity contribution in [2.75, 3.05) is 29.9 Å². The number of carbonyl (C=O) groups excluding carboxylic acids is 1. The zero-order valence-electron chi connectivity index (χ0n) is 12.7. The van der Waals surface area contributed by atoms with Crippen LogP contribution in [0.3, 0.4) is 0 Å². The van der Waals surface area contributed by atoms with Gasteiger partial charge in [0.1, 0.15) is 18.0 Å². The van der Waals surface area contributed by atoms with Crippen LogP contribution in [0.2, 0.25) is 0 Å². The highest BCUT2D eigenvalue weighted by Crippen LogP contribution is 2.30. The molecule has 0 spiro atoms. The molecule has 3 heterocycles. The first-order valence-corrected chi connectivity index (χ1v) is 7.78. The van der Waals surface area contributed by atoms with Gasteiger partial charge in [-0.05, 0) is 32.6 Å². The predicted octanol–water partition coefficient (Wildman–Crippen LogP) is 1.32. The molecule has 2 N–H and O–H groups in total. The van der Waals surface area contributed by atoms with Crippen molar-refractivity contribution in [3.63, 3.8) is 0 Å². The number of nitrogens with one attached hydrogen (secondary N) is 2. The highest BCUT2D eigenvalue weighted by molar-refractivity contribution is 5.77. The van der Waals surface area contributed by atoms with E-state index in [-0.39, 0.29) is 5.91 Å². The Labute approximate surface area is 125 Å². The van der Waals surface area contributed by atoms with Crippen molar-refractivity contribution >= 4 is 17.5 Å². The minimum Gasteiger partial charge on any atom is -0.370 e. The van der Waals surface area contributed by atoms with Crippen LogP contribution in [0.25, 0.3) is 0 Å². The third-order valence-corrected chi connectivity index (χ3v) is 4.52. The number of carbonyl (C=O) groups is 1. The second-order valence-electron chi connectivity index (χ2n) is 5.91. The Morgan fingerprint density at radius 1 is 1.43 bits per heavy atom. The third-order valence-electron chi connectivity index (χ3n) is 4.52. The smallest absolute Gasteiger partial charge is 0.220 e. The average molecular weight is 289 g/mol. The number of rotatable bonds is 3. The number of amides is 1. The van der Waals surface area contributed by atoms with Gasteiger partial charge in [0.05, 0.1) is 0 Å². The van der Waals surface area contributed by atoms with Crippen LogP contribution in [0.1, 0.15) is 31.7 Å². The van der Waals surface area contributed by atoms with E-state index in [1.807, 2.05) is 0 Å². The van der Waals surface area contributed by atoms with Crippen molar-refractivity contribution in [3.8, 4) is 0 Å². The van der Waals surface area contributed by atoms with Gasteiger partial charge >= 0.3 is 0 Å². The summed E-state index contributed by atoms with van der Waals surface area (Å²) < 4.78 is 0. The van der Waals surface area contributed by atoms with Crippen molar-refractivity contribution in [1.29, 1.82) is 0 Å². The lowest BCUT2D eigenvalue weighted by atomic mass is 9.85. The van der Waals surface area contributed by atoms with Gasteiger partial charge in [-0.1, -0.05) is 0 Å². The summed E-state index contributed by atoms with van der Waals surface area (Å²) >= 11 is 0.